The number of hydrogen-bond donors (Lipinski definition) is 0. The summed E-state index contributed by atoms with van der Waals surface area (Å²) in [7, 11) is 0. The molecule has 0 heterocycles. The average Bonchev–Trinajstić information content (AvgIpc) is 2.41. The van der Waals surface area contributed by atoms with Crippen molar-refractivity contribution in [2.45, 2.75) is 51.4 Å². The monoisotopic (exact) mass is 290 g/mol. The van der Waals surface area contributed by atoms with Crippen molar-refractivity contribution in [1.29, 1.82) is 0 Å². The van der Waals surface area contributed by atoms with Crippen LogP contribution < -0.4 is 10.2 Å². The van der Waals surface area contributed by atoms with Crippen LogP contribution in [0.1, 0.15) is 51.4 Å². The fourth-order valence-corrected chi connectivity index (χ4v) is 2.05. The molecule has 0 aromatic carbocycles. The fourth-order valence-electron chi connectivity index (χ4n) is 2.05. The molecule has 0 aliphatic heterocycles. The molecule has 2 aliphatic rings. The van der Waals surface area contributed by atoms with E-state index in [9.17, 15) is 19.8 Å². The van der Waals surface area contributed by atoms with Crippen LogP contribution in [0.2, 0.25) is 0 Å². The number of carboxylic acid groups (broad SMARTS) is 2. The Morgan fingerprint density at radius 2 is 1.16 bits per heavy atom. The van der Waals surface area contributed by atoms with Crippen LogP contribution in [0, 0.1) is 0 Å². The summed E-state index contributed by atoms with van der Waals surface area (Å²) in [5.41, 5.74) is 0.975. The van der Waals surface area contributed by atoms with Crippen molar-refractivity contribution in [3.05, 3.63) is 23.3 Å². The van der Waals surface area contributed by atoms with Gasteiger partial charge in [0.1, 0.15) is 0 Å². The molecular weight excluding hydrogens is 272 g/mol. The largest absolute Gasteiger partial charge is 2.00 e. The second-order valence-corrected chi connectivity index (χ2v) is 4.53. The van der Waals surface area contributed by atoms with E-state index in [4.69, 9.17) is 0 Å². The molecule has 5 heteroatoms. The first kappa shape index (κ1) is 18.7. The van der Waals surface area contributed by atoms with Gasteiger partial charge in [0.05, 0.1) is 11.9 Å². The molecule has 100 valence electrons. The molecule has 0 spiro atoms. The predicted octanol–water partition coefficient (Wildman–Crippen LogP) is 0.0926. The van der Waals surface area contributed by atoms with Crippen molar-refractivity contribution < 1.29 is 19.8 Å². The molecule has 0 saturated heterocycles. The molecule has 4 nitrogen and oxygen atoms in total. The normalized spacial score (nSPS) is 17.9. The Bertz CT molecular complexity index is 336. The summed E-state index contributed by atoms with van der Waals surface area (Å²) >= 11 is 0. The van der Waals surface area contributed by atoms with Crippen LogP contribution in [0.25, 0.3) is 0 Å². The SMILES string of the molecule is O=C([O-])C1=CCCCC1.O=C([O-])C1=CCCCC1.[Ca+2]. The minimum Gasteiger partial charge on any atom is -0.545 e. The van der Waals surface area contributed by atoms with Crippen LogP contribution in [0.15, 0.2) is 23.3 Å². The Kier molecular flexibility index (Phi) is 10.3. The van der Waals surface area contributed by atoms with E-state index in [-0.39, 0.29) is 37.7 Å². The Morgan fingerprint density at radius 3 is 1.32 bits per heavy atom. The van der Waals surface area contributed by atoms with Crippen molar-refractivity contribution in [1.82, 2.24) is 0 Å². The predicted molar refractivity (Wildman–Crippen MR) is 68.9 cm³/mol. The maximum Gasteiger partial charge on any atom is 2.00 e. The van der Waals surface area contributed by atoms with Gasteiger partial charge in [-0.3, -0.25) is 0 Å². The molecule has 2 rings (SSSR count). The maximum absolute atomic E-state index is 10.2. The maximum atomic E-state index is 10.2. The zero-order valence-electron chi connectivity index (χ0n) is 11.2. The molecule has 0 atom stereocenters. The third kappa shape index (κ3) is 7.75. The Labute approximate surface area is 143 Å². The molecule has 0 unspecified atom stereocenters. The van der Waals surface area contributed by atoms with E-state index in [1.54, 1.807) is 12.2 Å². The van der Waals surface area contributed by atoms with Gasteiger partial charge < -0.3 is 19.8 Å². The fraction of sp³-hybridized carbons (Fsp3) is 0.571. The number of hydrogen-bond acceptors (Lipinski definition) is 4. The zero-order chi connectivity index (χ0) is 13.4. The number of carboxylic acids is 2. The Hall–Kier alpha value is -0.320. The summed E-state index contributed by atoms with van der Waals surface area (Å²) in [6.45, 7) is 0. The first-order valence-corrected chi connectivity index (χ1v) is 6.42. The summed E-state index contributed by atoms with van der Waals surface area (Å²) in [5.74, 6) is -1.98. The minimum absolute atomic E-state index is 0. The molecule has 0 amide bonds. The van der Waals surface area contributed by atoms with E-state index >= 15 is 0 Å². The van der Waals surface area contributed by atoms with Gasteiger partial charge >= 0.3 is 37.7 Å². The number of carbonyl (C=O) groups excluding carboxylic acids is 2. The standard InChI is InChI=1S/2C7H10O2.Ca/c2*8-7(9)6-4-2-1-3-5-6;/h2*4H,1-3,5H2,(H,8,9);/q;;+2/p-2. The molecule has 0 radical (unpaired) electrons. The van der Waals surface area contributed by atoms with Crippen LogP contribution in [0.5, 0.6) is 0 Å². The van der Waals surface area contributed by atoms with Crippen LogP contribution >= 0.6 is 0 Å². The first-order chi connectivity index (χ1) is 8.61. The second kappa shape index (κ2) is 10.5. The van der Waals surface area contributed by atoms with Crippen LogP contribution in [0.3, 0.4) is 0 Å². The van der Waals surface area contributed by atoms with Gasteiger partial charge in [0.2, 0.25) is 0 Å². The molecule has 2 aliphatic carbocycles. The van der Waals surface area contributed by atoms with E-state index in [1.165, 1.54) is 0 Å². The van der Waals surface area contributed by atoms with Gasteiger partial charge in [-0.25, -0.2) is 0 Å². The van der Waals surface area contributed by atoms with E-state index < -0.39 is 11.9 Å². The molecule has 0 saturated carbocycles. The van der Waals surface area contributed by atoms with Crippen LogP contribution in [0.4, 0.5) is 0 Å². The summed E-state index contributed by atoms with van der Waals surface area (Å²) in [6, 6.07) is 0. The molecule has 0 aromatic heterocycles. The third-order valence-corrected chi connectivity index (χ3v) is 3.11. The van der Waals surface area contributed by atoms with Crippen molar-refractivity contribution in [3.8, 4) is 0 Å². The summed E-state index contributed by atoms with van der Waals surface area (Å²) < 4.78 is 0. The third-order valence-electron chi connectivity index (χ3n) is 3.11. The second-order valence-electron chi connectivity index (χ2n) is 4.53. The average molecular weight is 290 g/mol. The van der Waals surface area contributed by atoms with Crippen molar-refractivity contribution in [2.75, 3.05) is 0 Å². The van der Waals surface area contributed by atoms with Gasteiger partial charge in [-0.05, 0) is 62.5 Å². The van der Waals surface area contributed by atoms with Crippen LogP contribution in [-0.2, 0) is 9.59 Å². The summed E-state index contributed by atoms with van der Waals surface area (Å²) in [6.07, 6.45) is 11.0. The van der Waals surface area contributed by atoms with Gasteiger partial charge in [-0.2, -0.15) is 0 Å². The smallest absolute Gasteiger partial charge is 0.545 e. The van der Waals surface area contributed by atoms with Gasteiger partial charge in [0.15, 0.2) is 0 Å². The number of carbonyl (C=O) groups is 2. The number of allylic oxidation sites excluding steroid dienone is 2. The number of aliphatic carboxylic acids is 2. The van der Waals surface area contributed by atoms with E-state index in [0.29, 0.717) is 24.0 Å². The van der Waals surface area contributed by atoms with Gasteiger partial charge in [-0.1, -0.05) is 12.2 Å². The van der Waals surface area contributed by atoms with Gasteiger partial charge in [0.25, 0.3) is 0 Å². The quantitative estimate of drug-likeness (QED) is 0.675. The topological polar surface area (TPSA) is 80.3 Å². The van der Waals surface area contributed by atoms with Crippen molar-refractivity contribution in [3.63, 3.8) is 0 Å². The molecule has 0 fully saturated rings. The molecule has 19 heavy (non-hydrogen) atoms. The zero-order valence-corrected chi connectivity index (χ0v) is 13.4. The summed E-state index contributed by atoms with van der Waals surface area (Å²) in [5, 5.41) is 20.3. The first-order valence-electron chi connectivity index (χ1n) is 6.42. The Morgan fingerprint density at radius 1 is 0.789 bits per heavy atom. The van der Waals surface area contributed by atoms with Crippen molar-refractivity contribution >= 4 is 49.7 Å². The van der Waals surface area contributed by atoms with Gasteiger partial charge in [0, 0.05) is 0 Å². The van der Waals surface area contributed by atoms with Gasteiger partial charge in [-0.15, -0.1) is 0 Å². The van der Waals surface area contributed by atoms with Crippen molar-refractivity contribution in [2.24, 2.45) is 0 Å². The number of rotatable bonds is 2. The Balaban J connectivity index is 0.000000324. The molecule has 0 bridgehead atoms. The van der Waals surface area contributed by atoms with Crippen LogP contribution in [-0.4, -0.2) is 49.7 Å². The molecule has 0 aromatic rings. The van der Waals surface area contributed by atoms with E-state index in [1.807, 2.05) is 0 Å². The van der Waals surface area contributed by atoms with E-state index in [0.717, 1.165) is 38.5 Å². The molecule has 0 N–H and O–H groups in total. The summed E-state index contributed by atoms with van der Waals surface area (Å²) in [4.78, 5) is 20.3. The van der Waals surface area contributed by atoms with E-state index in [2.05, 4.69) is 0 Å². The molecular formula is C14H18CaO4. The minimum atomic E-state index is -0.991.